The van der Waals surface area contributed by atoms with E-state index < -0.39 is 0 Å². The Balaban J connectivity index is 0.782. The SMILES string of the molecule is O=C1/C(=C\c2ccc(N(c3ccc4c(c3)Cc3cc(N(c5ccc(/C=C6\C(=O)c7ccccc7C6c6ccccc6)cc5)c5cccc6ccccc56)ccc3-4)c3cccc4ccccc34)cc2)C(c2ccccc2)c2ccccc21. The van der Waals surface area contributed by atoms with Crippen LogP contribution in [-0.2, 0) is 6.42 Å². The van der Waals surface area contributed by atoms with E-state index in [2.05, 4.69) is 228 Å². The largest absolute Gasteiger partial charge is 0.310 e. The van der Waals surface area contributed by atoms with Crippen molar-refractivity contribution in [2.24, 2.45) is 0 Å². The molecular formula is C77H52N2O2. The number of ketones is 2. The quantitative estimate of drug-likeness (QED) is 0.128. The first-order valence-corrected chi connectivity index (χ1v) is 27.8. The first kappa shape index (κ1) is 47.8. The number of hydrogen-bond donors (Lipinski definition) is 0. The number of allylic oxidation sites excluding steroid dienone is 2. The van der Waals surface area contributed by atoms with Gasteiger partial charge in [0.25, 0.3) is 0 Å². The van der Waals surface area contributed by atoms with Gasteiger partial charge in [-0.15, -0.1) is 0 Å². The number of anilines is 6. The van der Waals surface area contributed by atoms with E-state index in [0.717, 1.165) is 107 Å². The number of benzene rings is 12. The molecule has 0 radical (unpaired) electrons. The molecule has 2 atom stereocenters. The number of nitrogens with zero attached hydrogens (tertiary/aromatic N) is 2. The van der Waals surface area contributed by atoms with Crippen molar-refractivity contribution in [1.29, 1.82) is 0 Å². The fraction of sp³-hybridized carbons (Fsp3) is 0.0390. The van der Waals surface area contributed by atoms with E-state index in [4.69, 9.17) is 0 Å². The fourth-order valence-corrected chi connectivity index (χ4v) is 13.0. The van der Waals surface area contributed by atoms with Crippen LogP contribution in [0.2, 0.25) is 0 Å². The van der Waals surface area contributed by atoms with Crippen molar-refractivity contribution < 1.29 is 9.59 Å². The lowest BCUT2D eigenvalue weighted by Crippen LogP contribution is -2.11. The molecule has 0 amide bonds. The van der Waals surface area contributed by atoms with Crippen LogP contribution < -0.4 is 9.80 Å². The summed E-state index contributed by atoms with van der Waals surface area (Å²) in [4.78, 5) is 33.0. The Kier molecular flexibility index (Phi) is 11.7. The normalized spacial score (nSPS) is 16.0. The molecule has 3 aliphatic carbocycles. The Labute approximate surface area is 471 Å². The maximum atomic E-state index is 14.1. The summed E-state index contributed by atoms with van der Waals surface area (Å²) in [7, 11) is 0. The summed E-state index contributed by atoms with van der Waals surface area (Å²) in [6.45, 7) is 0. The summed E-state index contributed by atoms with van der Waals surface area (Å²) in [5.74, 6) is -0.0966. The molecule has 0 fully saturated rings. The summed E-state index contributed by atoms with van der Waals surface area (Å²) in [6, 6.07) is 98.2. The Morgan fingerprint density at radius 3 is 1.14 bits per heavy atom. The fourth-order valence-electron chi connectivity index (χ4n) is 13.0. The number of fused-ring (bicyclic) bond motifs is 7. The minimum Gasteiger partial charge on any atom is -0.310 e. The maximum Gasteiger partial charge on any atom is 0.190 e. The summed E-state index contributed by atoms with van der Waals surface area (Å²) in [5, 5.41) is 4.66. The highest BCUT2D eigenvalue weighted by atomic mass is 16.1. The highest BCUT2D eigenvalue weighted by Gasteiger charge is 2.37. The van der Waals surface area contributed by atoms with Gasteiger partial charge in [0.15, 0.2) is 11.6 Å². The summed E-state index contributed by atoms with van der Waals surface area (Å²) >= 11 is 0. The first-order valence-electron chi connectivity index (χ1n) is 27.8. The van der Waals surface area contributed by atoms with Crippen molar-refractivity contribution in [2.75, 3.05) is 9.80 Å². The summed E-state index contributed by atoms with van der Waals surface area (Å²) in [5.41, 5.74) is 20.8. The van der Waals surface area contributed by atoms with Gasteiger partial charge in [-0.05, 0) is 146 Å². The molecule has 0 saturated carbocycles. The van der Waals surface area contributed by atoms with Crippen molar-refractivity contribution in [3.05, 3.63) is 346 Å². The molecule has 15 rings (SSSR count). The number of rotatable bonds is 10. The van der Waals surface area contributed by atoms with Crippen molar-refractivity contribution in [2.45, 2.75) is 18.3 Å². The molecule has 0 saturated heterocycles. The number of carbonyl (C=O) groups is 2. The van der Waals surface area contributed by atoms with Gasteiger partial charge < -0.3 is 9.80 Å². The highest BCUT2D eigenvalue weighted by molar-refractivity contribution is 6.18. The van der Waals surface area contributed by atoms with Gasteiger partial charge >= 0.3 is 0 Å². The molecule has 0 heterocycles. The van der Waals surface area contributed by atoms with Crippen molar-refractivity contribution >= 4 is 79.4 Å². The highest BCUT2D eigenvalue weighted by Crippen LogP contribution is 2.49. The zero-order chi connectivity index (χ0) is 54.0. The van der Waals surface area contributed by atoms with Gasteiger partial charge in [-0.3, -0.25) is 9.59 Å². The lowest BCUT2D eigenvalue weighted by Gasteiger charge is -2.27. The monoisotopic (exact) mass is 1040 g/mol. The van der Waals surface area contributed by atoms with Gasteiger partial charge in [-0.1, -0.05) is 218 Å². The van der Waals surface area contributed by atoms with E-state index in [1.165, 1.54) is 33.0 Å². The molecule has 0 aliphatic heterocycles. The van der Waals surface area contributed by atoms with Crippen LogP contribution in [0.1, 0.15) is 77.1 Å². The predicted octanol–water partition coefficient (Wildman–Crippen LogP) is 19.3. The van der Waals surface area contributed by atoms with Crippen LogP contribution in [0.5, 0.6) is 0 Å². The van der Waals surface area contributed by atoms with E-state index in [-0.39, 0.29) is 23.4 Å². The van der Waals surface area contributed by atoms with Crippen molar-refractivity contribution in [3.8, 4) is 11.1 Å². The molecule has 12 aromatic carbocycles. The van der Waals surface area contributed by atoms with Gasteiger partial charge in [0.1, 0.15) is 0 Å². The summed E-state index contributed by atoms with van der Waals surface area (Å²) in [6.07, 6.45) is 4.94. The third-order valence-electron chi connectivity index (χ3n) is 16.8. The van der Waals surface area contributed by atoms with Gasteiger partial charge in [0.2, 0.25) is 0 Å². The van der Waals surface area contributed by atoms with Crippen LogP contribution in [0.4, 0.5) is 34.1 Å². The van der Waals surface area contributed by atoms with Crippen LogP contribution in [-0.4, -0.2) is 11.6 Å². The van der Waals surface area contributed by atoms with E-state index >= 15 is 0 Å². The van der Waals surface area contributed by atoms with E-state index in [1.807, 2.05) is 72.8 Å². The molecule has 382 valence electrons. The van der Waals surface area contributed by atoms with Crippen molar-refractivity contribution in [1.82, 2.24) is 0 Å². The molecule has 0 N–H and O–H groups in total. The maximum absolute atomic E-state index is 14.1. The Morgan fingerprint density at radius 2 is 0.691 bits per heavy atom. The molecule has 0 spiro atoms. The standard InChI is InChI=1S/C77H52N2O2/c80-76-68-29-13-11-27-66(68)74(54-19-3-1-4-20-54)70(76)45-50-33-37-58(38-34-50)78(72-31-15-23-52-17-7-9-25-64(52)72)60-41-43-62-56(48-60)47-57-49-61(42-44-63(57)62)79(73-32-16-24-53-18-8-10-26-65(53)73)59-39-35-51(36-40-59)46-71-75(55-21-5-2-6-22-55)67-28-12-14-30-69(67)77(71)81/h1-46,48-49,74-75H,47H2/b70-45-,71-46-. The minimum atomic E-state index is -0.131. The first-order chi connectivity index (χ1) is 40.0. The number of hydrogen-bond acceptors (Lipinski definition) is 4. The predicted molar refractivity (Wildman–Crippen MR) is 333 cm³/mol. The topological polar surface area (TPSA) is 40.6 Å². The van der Waals surface area contributed by atoms with Crippen LogP contribution in [0, 0.1) is 0 Å². The van der Waals surface area contributed by atoms with Crippen LogP contribution in [0.3, 0.4) is 0 Å². The summed E-state index contributed by atoms with van der Waals surface area (Å²) < 4.78 is 0. The van der Waals surface area contributed by atoms with Gasteiger partial charge in [-0.25, -0.2) is 0 Å². The zero-order valence-electron chi connectivity index (χ0n) is 44.3. The average molecular weight is 1040 g/mol. The molecule has 4 heteroatoms. The van der Waals surface area contributed by atoms with Gasteiger partial charge in [0, 0.05) is 67.6 Å². The lowest BCUT2D eigenvalue weighted by atomic mass is 9.89. The smallest absolute Gasteiger partial charge is 0.190 e. The molecule has 2 unspecified atom stereocenters. The molecule has 0 aromatic heterocycles. The van der Waals surface area contributed by atoms with Crippen molar-refractivity contribution in [3.63, 3.8) is 0 Å². The Bertz CT molecular complexity index is 4240. The molecule has 81 heavy (non-hydrogen) atoms. The Morgan fingerprint density at radius 1 is 0.321 bits per heavy atom. The van der Waals surface area contributed by atoms with E-state index in [9.17, 15) is 9.59 Å². The minimum absolute atomic E-state index is 0.0827. The van der Waals surface area contributed by atoms with Crippen LogP contribution in [0.15, 0.2) is 290 Å². The molecule has 0 bridgehead atoms. The van der Waals surface area contributed by atoms with Gasteiger partial charge in [-0.2, -0.15) is 0 Å². The zero-order valence-corrected chi connectivity index (χ0v) is 44.3. The Hall–Kier alpha value is -10.4. The van der Waals surface area contributed by atoms with Gasteiger partial charge in [0.05, 0.1) is 11.4 Å². The molecule has 3 aliphatic rings. The molecular weight excluding hydrogens is 985 g/mol. The van der Waals surface area contributed by atoms with Crippen LogP contribution in [0.25, 0.3) is 44.8 Å². The number of carbonyl (C=O) groups excluding carboxylic acids is 2. The lowest BCUT2D eigenvalue weighted by molar-refractivity contribution is 0.103. The second-order valence-electron chi connectivity index (χ2n) is 21.4. The second kappa shape index (κ2) is 19.8. The van der Waals surface area contributed by atoms with E-state index in [0.29, 0.717) is 0 Å². The average Bonchev–Trinajstić information content (AvgIpc) is 4.38. The third-order valence-corrected chi connectivity index (χ3v) is 16.8. The second-order valence-corrected chi connectivity index (χ2v) is 21.4. The molecule has 12 aromatic rings. The third kappa shape index (κ3) is 8.31. The van der Waals surface area contributed by atoms with Crippen LogP contribution >= 0.6 is 0 Å². The van der Waals surface area contributed by atoms with E-state index in [1.54, 1.807) is 0 Å². The number of Topliss-reactive ketones (excluding diaryl/α,β-unsaturated/α-hetero) is 2. The molecule has 4 nitrogen and oxygen atoms in total.